The Morgan fingerprint density at radius 2 is 1.95 bits per heavy atom. The van der Waals surface area contributed by atoms with E-state index >= 15 is 0 Å². The van der Waals surface area contributed by atoms with Gasteiger partial charge in [0.05, 0.1) is 5.69 Å². The third-order valence-corrected chi connectivity index (χ3v) is 3.01. The van der Waals surface area contributed by atoms with Crippen LogP contribution in [0.5, 0.6) is 0 Å². The van der Waals surface area contributed by atoms with E-state index in [4.69, 9.17) is 10.6 Å². The molecule has 1 aromatic heterocycles. The molecule has 0 saturated heterocycles. The molecule has 2 rings (SSSR count). The molecule has 9 heteroatoms. The van der Waals surface area contributed by atoms with Crippen LogP contribution in [0.25, 0.3) is 16.1 Å². The van der Waals surface area contributed by atoms with Crippen LogP contribution in [0, 0.1) is 0 Å². The highest BCUT2D eigenvalue weighted by Crippen LogP contribution is 2.15. The maximum absolute atomic E-state index is 12.3. The molecule has 1 aromatic carbocycles. The van der Waals surface area contributed by atoms with Crippen molar-refractivity contribution in [1.82, 2.24) is 9.13 Å². The van der Waals surface area contributed by atoms with E-state index in [1.54, 1.807) is 6.92 Å². The summed E-state index contributed by atoms with van der Waals surface area (Å²) < 4.78 is 1.90. The molecule has 1 N–H and O–H groups in total. The van der Waals surface area contributed by atoms with Gasteiger partial charge in [-0.1, -0.05) is 17.2 Å². The van der Waals surface area contributed by atoms with E-state index in [0.717, 1.165) is 15.3 Å². The van der Waals surface area contributed by atoms with Crippen LogP contribution in [-0.2, 0) is 6.54 Å². The summed E-state index contributed by atoms with van der Waals surface area (Å²) in [7, 11) is 0. The Balaban J connectivity index is 2.72. The van der Waals surface area contributed by atoms with E-state index in [1.165, 1.54) is 24.3 Å². The first-order chi connectivity index (χ1) is 10.5. The Bertz CT molecular complexity index is 888. The molecule has 2 aromatic rings. The molecule has 0 aliphatic rings. The van der Waals surface area contributed by atoms with Gasteiger partial charge >= 0.3 is 11.7 Å². The highest BCUT2D eigenvalue weighted by molar-refractivity contribution is 5.86. The maximum Gasteiger partial charge on any atom is 0.342 e. The van der Waals surface area contributed by atoms with Crippen molar-refractivity contribution >= 4 is 11.7 Å². The molecular weight excluding hydrogens is 290 g/mol. The smallest absolute Gasteiger partial charge is 0.342 e. The fraction of sp³-hybridized carbons (Fsp3) is 0.154. The minimum absolute atomic E-state index is 0.0512. The average molecular weight is 301 g/mol. The van der Waals surface area contributed by atoms with Gasteiger partial charge in [-0.3, -0.25) is 13.9 Å². The predicted octanol–water partition coefficient (Wildman–Crippen LogP) is 1.66. The number of carbonyl (C=O) groups is 1. The number of carboxylic acid groups (broad SMARTS) is 1. The molecule has 0 fully saturated rings. The highest BCUT2D eigenvalue weighted by atomic mass is 16.4. The van der Waals surface area contributed by atoms with Crippen LogP contribution in [0.2, 0.25) is 0 Å². The summed E-state index contributed by atoms with van der Waals surface area (Å²) in [5, 5.41) is 12.5. The third kappa shape index (κ3) is 2.60. The minimum Gasteiger partial charge on any atom is -0.477 e. The Morgan fingerprint density at radius 1 is 1.32 bits per heavy atom. The summed E-state index contributed by atoms with van der Waals surface area (Å²) in [5.74, 6) is -1.41. The van der Waals surface area contributed by atoms with Crippen molar-refractivity contribution in [2.75, 3.05) is 0 Å². The SMILES string of the molecule is CCn1c(=O)c(C(=O)O)cn(-c2ccc(N=[N+]=[N-])cc2)c1=O. The standard InChI is InChI=1S/C13H11N5O4/c1-2-17-11(19)10(12(20)21)7-18(13(17)22)9-5-3-8(4-6-9)15-16-14/h3-7H,2H2,1H3,(H,20,21). The summed E-state index contributed by atoms with van der Waals surface area (Å²) >= 11 is 0. The zero-order chi connectivity index (χ0) is 16.3. The van der Waals surface area contributed by atoms with Crippen molar-refractivity contribution in [1.29, 1.82) is 0 Å². The number of carboxylic acids is 1. The average Bonchev–Trinajstić information content (AvgIpc) is 2.49. The summed E-state index contributed by atoms with van der Waals surface area (Å²) in [6.45, 7) is 1.62. The highest BCUT2D eigenvalue weighted by Gasteiger charge is 2.16. The monoisotopic (exact) mass is 301 g/mol. The van der Waals surface area contributed by atoms with Crippen LogP contribution in [0.3, 0.4) is 0 Å². The van der Waals surface area contributed by atoms with Crippen LogP contribution in [0.1, 0.15) is 17.3 Å². The minimum atomic E-state index is -1.41. The largest absolute Gasteiger partial charge is 0.477 e. The molecule has 0 spiro atoms. The summed E-state index contributed by atoms with van der Waals surface area (Å²) in [4.78, 5) is 37.9. The lowest BCUT2D eigenvalue weighted by Crippen LogP contribution is -2.41. The molecule has 0 aliphatic heterocycles. The van der Waals surface area contributed by atoms with Crippen LogP contribution in [-0.4, -0.2) is 20.2 Å². The van der Waals surface area contributed by atoms with Crippen molar-refractivity contribution in [3.8, 4) is 5.69 Å². The van der Waals surface area contributed by atoms with Crippen LogP contribution >= 0.6 is 0 Å². The van der Waals surface area contributed by atoms with Crippen LogP contribution in [0.4, 0.5) is 5.69 Å². The number of hydrogen-bond donors (Lipinski definition) is 1. The van der Waals surface area contributed by atoms with Gasteiger partial charge in [0.15, 0.2) is 0 Å². The molecule has 0 atom stereocenters. The van der Waals surface area contributed by atoms with Gasteiger partial charge < -0.3 is 5.11 Å². The van der Waals surface area contributed by atoms with Gasteiger partial charge in [-0.25, -0.2) is 9.59 Å². The number of nitrogens with zero attached hydrogens (tertiary/aromatic N) is 5. The van der Waals surface area contributed by atoms with E-state index in [2.05, 4.69) is 10.0 Å². The van der Waals surface area contributed by atoms with E-state index in [9.17, 15) is 14.4 Å². The molecule has 0 saturated carbocycles. The van der Waals surface area contributed by atoms with Crippen molar-refractivity contribution < 1.29 is 9.90 Å². The Kier molecular flexibility index (Phi) is 4.10. The Labute approximate surface area is 123 Å². The van der Waals surface area contributed by atoms with Crippen molar-refractivity contribution in [2.45, 2.75) is 13.5 Å². The quantitative estimate of drug-likeness (QED) is 0.522. The first-order valence-electron chi connectivity index (χ1n) is 6.25. The molecule has 0 amide bonds. The first-order valence-corrected chi connectivity index (χ1v) is 6.25. The van der Waals surface area contributed by atoms with Gasteiger partial charge in [-0.05, 0) is 24.6 Å². The Hall–Kier alpha value is -3.32. The second-order valence-corrected chi connectivity index (χ2v) is 4.26. The maximum atomic E-state index is 12.3. The van der Waals surface area contributed by atoms with Crippen LogP contribution in [0.15, 0.2) is 45.2 Å². The molecule has 1 heterocycles. The lowest BCUT2D eigenvalue weighted by atomic mass is 10.2. The second-order valence-electron chi connectivity index (χ2n) is 4.26. The van der Waals surface area contributed by atoms with Crippen LogP contribution < -0.4 is 11.2 Å². The van der Waals surface area contributed by atoms with Crippen molar-refractivity contribution in [2.24, 2.45) is 5.11 Å². The summed E-state index contributed by atoms with van der Waals surface area (Å²) in [6.07, 6.45) is 0.988. The van der Waals surface area contributed by atoms with Gasteiger partial charge in [-0.2, -0.15) is 0 Å². The number of rotatable bonds is 4. The molecule has 0 aliphatic carbocycles. The molecule has 9 nitrogen and oxygen atoms in total. The van der Waals surface area contributed by atoms with Gasteiger partial charge in [-0.15, -0.1) is 0 Å². The number of aromatic nitrogens is 2. The predicted molar refractivity (Wildman–Crippen MR) is 77.7 cm³/mol. The number of aromatic carboxylic acids is 1. The molecule has 0 unspecified atom stereocenters. The van der Waals surface area contributed by atoms with Gasteiger partial charge in [0.2, 0.25) is 0 Å². The van der Waals surface area contributed by atoms with Gasteiger partial charge in [0.1, 0.15) is 5.56 Å². The lowest BCUT2D eigenvalue weighted by molar-refractivity contribution is 0.0693. The number of benzene rings is 1. The van der Waals surface area contributed by atoms with E-state index in [1.807, 2.05) is 0 Å². The molecule has 0 bridgehead atoms. The summed E-state index contributed by atoms with van der Waals surface area (Å²) in [5.41, 5.74) is 7.06. The molecule has 112 valence electrons. The molecule has 0 radical (unpaired) electrons. The third-order valence-electron chi connectivity index (χ3n) is 3.01. The number of azide groups is 1. The topological polar surface area (TPSA) is 130 Å². The van der Waals surface area contributed by atoms with Crippen molar-refractivity contribution in [3.63, 3.8) is 0 Å². The van der Waals surface area contributed by atoms with Gasteiger partial charge in [0.25, 0.3) is 5.56 Å². The fourth-order valence-electron chi connectivity index (χ4n) is 1.94. The zero-order valence-corrected chi connectivity index (χ0v) is 11.5. The zero-order valence-electron chi connectivity index (χ0n) is 11.5. The van der Waals surface area contributed by atoms with Crippen molar-refractivity contribution in [3.05, 3.63) is 67.3 Å². The van der Waals surface area contributed by atoms with Gasteiger partial charge in [0, 0.05) is 23.3 Å². The van der Waals surface area contributed by atoms with E-state index in [-0.39, 0.29) is 6.54 Å². The lowest BCUT2D eigenvalue weighted by Gasteiger charge is -2.10. The molecular formula is C13H11N5O4. The fourth-order valence-corrected chi connectivity index (χ4v) is 1.94. The second kappa shape index (κ2) is 5.98. The number of hydrogen-bond acceptors (Lipinski definition) is 4. The van der Waals surface area contributed by atoms with E-state index in [0.29, 0.717) is 11.4 Å². The van der Waals surface area contributed by atoms with E-state index < -0.39 is 22.8 Å². The summed E-state index contributed by atoms with van der Waals surface area (Å²) in [6, 6.07) is 5.93. The normalized spacial score (nSPS) is 10.0. The first kappa shape index (κ1) is 15.1. The molecule has 22 heavy (non-hydrogen) atoms. The Morgan fingerprint density at radius 3 is 2.45 bits per heavy atom.